The van der Waals surface area contributed by atoms with Crippen LogP contribution in [0.15, 0.2) is 49.3 Å². The molecule has 3 aliphatic heterocycles. The summed E-state index contributed by atoms with van der Waals surface area (Å²) in [5.41, 5.74) is 4.62. The number of amides is 2. The Kier molecular flexibility index (Phi) is 5.62. The van der Waals surface area contributed by atoms with Crippen molar-refractivity contribution in [2.75, 3.05) is 28.3 Å². The summed E-state index contributed by atoms with van der Waals surface area (Å²) in [5, 5.41) is 3.26. The zero-order valence-electron chi connectivity index (χ0n) is 20.5. The minimum atomic E-state index is -0.445. The summed E-state index contributed by atoms with van der Waals surface area (Å²) in [7, 11) is 0. The quantitative estimate of drug-likeness (QED) is 0.527. The Morgan fingerprint density at radius 1 is 1.11 bits per heavy atom. The number of aromatic nitrogens is 2. The molecule has 1 N–H and O–H groups in total. The van der Waals surface area contributed by atoms with Crippen LogP contribution in [0, 0.1) is 5.82 Å². The van der Waals surface area contributed by atoms with Gasteiger partial charge < -0.3 is 19.9 Å². The summed E-state index contributed by atoms with van der Waals surface area (Å²) < 4.78 is 20.8. The number of carbonyl (C=O) groups is 2. The molecule has 0 unspecified atom stereocenters. The average Bonchev–Trinajstić information content (AvgIpc) is 3.49. The molecular weight excluding hydrogens is 473 g/mol. The Hall–Kier alpha value is -4.27. The van der Waals surface area contributed by atoms with Gasteiger partial charge in [0.1, 0.15) is 23.9 Å². The number of anilines is 4. The van der Waals surface area contributed by atoms with Crippen LogP contribution in [0.1, 0.15) is 38.2 Å². The van der Waals surface area contributed by atoms with Gasteiger partial charge in [0.15, 0.2) is 0 Å². The number of benzene rings is 1. The summed E-state index contributed by atoms with van der Waals surface area (Å²) in [6.45, 7) is 6.97. The lowest BCUT2D eigenvalue weighted by Crippen LogP contribution is -2.40. The zero-order valence-corrected chi connectivity index (χ0v) is 20.5. The van der Waals surface area contributed by atoms with Gasteiger partial charge in [-0.05, 0) is 55.2 Å². The third kappa shape index (κ3) is 4.10. The Bertz CT molecular complexity index is 1460. The van der Waals surface area contributed by atoms with Gasteiger partial charge in [-0.2, -0.15) is 0 Å². The van der Waals surface area contributed by atoms with Crippen molar-refractivity contribution < 1.29 is 18.7 Å². The zero-order chi connectivity index (χ0) is 25.7. The first-order chi connectivity index (χ1) is 17.9. The van der Waals surface area contributed by atoms with Gasteiger partial charge in [0.05, 0.1) is 23.6 Å². The van der Waals surface area contributed by atoms with Crippen molar-refractivity contribution in [1.82, 2.24) is 9.97 Å². The highest BCUT2D eigenvalue weighted by molar-refractivity contribution is 5.98. The number of halogens is 1. The summed E-state index contributed by atoms with van der Waals surface area (Å²) in [6, 6.07) is 8.64. The SMILES string of the molecule is C=C(C)c1cc(Nc2cnc3c(c2)N2C(=O)CC[C@H]2CO3)ncc1-c1ccc(N2CCCC2=O)c(F)c1. The van der Waals surface area contributed by atoms with Crippen LogP contribution in [-0.2, 0) is 9.59 Å². The number of hydrogen-bond acceptors (Lipinski definition) is 6. The smallest absolute Gasteiger partial charge is 0.238 e. The second-order valence-corrected chi connectivity index (χ2v) is 9.65. The number of pyridine rings is 2. The fraction of sp³-hybridized carbons (Fsp3) is 0.286. The number of rotatable bonds is 5. The van der Waals surface area contributed by atoms with E-state index in [9.17, 15) is 9.59 Å². The van der Waals surface area contributed by atoms with Gasteiger partial charge in [0.2, 0.25) is 17.7 Å². The molecule has 0 spiro atoms. The predicted octanol–water partition coefficient (Wildman–Crippen LogP) is 5.07. The molecule has 2 saturated heterocycles. The van der Waals surface area contributed by atoms with Crippen LogP contribution in [0.4, 0.5) is 27.3 Å². The highest BCUT2D eigenvalue weighted by Gasteiger charge is 2.38. The lowest BCUT2D eigenvalue weighted by Gasteiger charge is -2.31. The van der Waals surface area contributed by atoms with E-state index in [1.165, 1.54) is 11.0 Å². The number of hydrogen-bond donors (Lipinski definition) is 1. The Labute approximate surface area is 213 Å². The van der Waals surface area contributed by atoms with Gasteiger partial charge >= 0.3 is 0 Å². The molecule has 0 saturated carbocycles. The largest absolute Gasteiger partial charge is 0.474 e. The maximum atomic E-state index is 15.0. The van der Waals surface area contributed by atoms with Crippen LogP contribution in [0.25, 0.3) is 16.7 Å². The number of carbonyl (C=O) groups excluding carboxylic acids is 2. The van der Waals surface area contributed by atoms with Crippen molar-refractivity contribution >= 4 is 40.3 Å². The van der Waals surface area contributed by atoms with Crippen LogP contribution < -0.4 is 19.9 Å². The van der Waals surface area contributed by atoms with E-state index in [2.05, 4.69) is 21.9 Å². The van der Waals surface area contributed by atoms with Crippen LogP contribution >= 0.6 is 0 Å². The van der Waals surface area contributed by atoms with E-state index < -0.39 is 5.82 Å². The van der Waals surface area contributed by atoms with Crippen molar-refractivity contribution in [3.63, 3.8) is 0 Å². The molecule has 5 heterocycles. The summed E-state index contributed by atoms with van der Waals surface area (Å²) in [4.78, 5) is 36.7. The predicted molar refractivity (Wildman–Crippen MR) is 139 cm³/mol. The maximum Gasteiger partial charge on any atom is 0.238 e. The average molecular weight is 500 g/mol. The minimum absolute atomic E-state index is 0.0415. The van der Waals surface area contributed by atoms with E-state index in [0.29, 0.717) is 60.3 Å². The Balaban J connectivity index is 1.29. The van der Waals surface area contributed by atoms with Gasteiger partial charge in [-0.15, -0.1) is 0 Å². The molecule has 3 aromatic rings. The molecule has 8 nitrogen and oxygen atoms in total. The monoisotopic (exact) mass is 499 g/mol. The molecule has 1 atom stereocenters. The van der Waals surface area contributed by atoms with Crippen LogP contribution in [-0.4, -0.2) is 41.0 Å². The summed E-state index contributed by atoms with van der Waals surface area (Å²) in [6.07, 6.45) is 5.78. The first-order valence-corrected chi connectivity index (χ1v) is 12.4. The Morgan fingerprint density at radius 3 is 2.73 bits per heavy atom. The van der Waals surface area contributed by atoms with Crippen molar-refractivity contribution in [2.24, 2.45) is 0 Å². The fourth-order valence-electron chi connectivity index (χ4n) is 5.25. The molecule has 0 radical (unpaired) electrons. The van der Waals surface area contributed by atoms with Gasteiger partial charge in [0.25, 0.3) is 0 Å². The van der Waals surface area contributed by atoms with E-state index in [-0.39, 0.29) is 17.9 Å². The molecule has 0 bridgehead atoms. The van der Waals surface area contributed by atoms with Crippen molar-refractivity contribution in [3.8, 4) is 17.0 Å². The summed E-state index contributed by atoms with van der Waals surface area (Å²) >= 11 is 0. The molecule has 2 amide bonds. The van der Waals surface area contributed by atoms with Crippen molar-refractivity contribution in [1.29, 1.82) is 0 Å². The van der Waals surface area contributed by atoms with Crippen LogP contribution in [0.2, 0.25) is 0 Å². The minimum Gasteiger partial charge on any atom is -0.474 e. The third-order valence-corrected chi connectivity index (χ3v) is 7.09. The highest BCUT2D eigenvalue weighted by Crippen LogP contribution is 2.39. The molecule has 2 fully saturated rings. The van der Waals surface area contributed by atoms with E-state index in [1.807, 2.05) is 19.1 Å². The number of ether oxygens (including phenoxy) is 1. The fourth-order valence-corrected chi connectivity index (χ4v) is 5.25. The van der Waals surface area contributed by atoms with E-state index in [4.69, 9.17) is 4.74 Å². The maximum absolute atomic E-state index is 15.0. The van der Waals surface area contributed by atoms with E-state index >= 15 is 4.39 Å². The molecule has 0 aliphatic carbocycles. The standard InChI is InChI=1S/C28H26FN5O3/c1-16(2)20-12-25(32-18-11-24-28(31-13-18)37-15-19-6-8-27(36)34(19)24)30-14-21(20)17-5-7-23(22(29)10-17)33-9-3-4-26(33)35/h5,7,10-14,19H,1,3-4,6,8-9,15H2,2H3,(H,30,32)/t19-/m0/s1. The molecule has 37 heavy (non-hydrogen) atoms. The molecule has 188 valence electrons. The highest BCUT2D eigenvalue weighted by atomic mass is 19.1. The molecule has 3 aliphatic rings. The lowest BCUT2D eigenvalue weighted by atomic mass is 9.97. The second-order valence-electron chi connectivity index (χ2n) is 9.65. The second kappa shape index (κ2) is 8.99. The van der Waals surface area contributed by atoms with Gasteiger partial charge in [-0.25, -0.2) is 14.4 Å². The van der Waals surface area contributed by atoms with Gasteiger partial charge in [0, 0.05) is 31.1 Å². The normalized spacial score (nSPS) is 18.5. The molecule has 9 heteroatoms. The molecule has 1 aromatic carbocycles. The first kappa shape index (κ1) is 23.1. The first-order valence-electron chi connectivity index (χ1n) is 12.4. The number of allylic oxidation sites excluding steroid dienone is 1. The Morgan fingerprint density at radius 2 is 1.97 bits per heavy atom. The molecule has 2 aromatic heterocycles. The van der Waals surface area contributed by atoms with Crippen LogP contribution in [0.3, 0.4) is 0 Å². The number of nitrogens with one attached hydrogen (secondary N) is 1. The molecular formula is C28H26FN5O3. The van der Waals surface area contributed by atoms with Crippen LogP contribution in [0.5, 0.6) is 5.88 Å². The topological polar surface area (TPSA) is 87.7 Å². The summed E-state index contributed by atoms with van der Waals surface area (Å²) in [5.74, 6) is 0.584. The third-order valence-electron chi connectivity index (χ3n) is 7.09. The van der Waals surface area contributed by atoms with E-state index in [0.717, 1.165) is 29.5 Å². The van der Waals surface area contributed by atoms with E-state index in [1.54, 1.807) is 29.4 Å². The number of nitrogens with zero attached hydrogens (tertiary/aromatic N) is 4. The molecule has 6 rings (SSSR count). The number of fused-ring (bicyclic) bond motifs is 3. The van der Waals surface area contributed by atoms with Crippen molar-refractivity contribution in [3.05, 3.63) is 60.7 Å². The van der Waals surface area contributed by atoms with Crippen molar-refractivity contribution in [2.45, 2.75) is 38.6 Å². The lowest BCUT2D eigenvalue weighted by molar-refractivity contribution is -0.118. The van der Waals surface area contributed by atoms with Gasteiger partial charge in [-0.3, -0.25) is 9.59 Å². The van der Waals surface area contributed by atoms with Gasteiger partial charge in [-0.1, -0.05) is 18.2 Å².